The minimum absolute atomic E-state index is 0.00652. The molecule has 1 aliphatic heterocycles. The second-order valence-electron chi connectivity index (χ2n) is 5.68. The Morgan fingerprint density at radius 2 is 1.91 bits per heavy atom. The van der Waals surface area contributed by atoms with Crippen molar-refractivity contribution >= 4 is 22.4 Å². The van der Waals surface area contributed by atoms with Crippen LogP contribution in [0.15, 0.2) is 48.5 Å². The van der Waals surface area contributed by atoms with Crippen molar-refractivity contribution in [2.45, 2.75) is 13.0 Å². The topological polar surface area (TPSA) is 65.2 Å². The van der Waals surface area contributed by atoms with Gasteiger partial charge in [-0.05, 0) is 24.6 Å². The van der Waals surface area contributed by atoms with E-state index in [1.165, 1.54) is 0 Å². The van der Waals surface area contributed by atoms with Gasteiger partial charge in [-0.3, -0.25) is 4.79 Å². The summed E-state index contributed by atoms with van der Waals surface area (Å²) in [5.74, 6) is -0.00652. The number of rotatable bonds is 2. The highest BCUT2D eigenvalue weighted by molar-refractivity contribution is 6.11. The highest BCUT2D eigenvalue weighted by atomic mass is 16.5. The Hall–Kier alpha value is -2.72. The molecule has 1 aromatic heterocycles. The number of carbonyl (C=O) groups is 1. The van der Waals surface area contributed by atoms with Crippen LogP contribution in [0.1, 0.15) is 27.2 Å². The molecule has 3 aromatic rings. The predicted molar refractivity (Wildman–Crippen MR) is 89.4 cm³/mol. The lowest BCUT2D eigenvalue weighted by atomic mass is 9.98. The first-order chi connectivity index (χ1) is 11.2. The van der Waals surface area contributed by atoms with Gasteiger partial charge in [0.2, 0.25) is 0 Å². The van der Waals surface area contributed by atoms with Gasteiger partial charge in [-0.15, -0.1) is 0 Å². The molecule has 2 aromatic carbocycles. The minimum atomic E-state index is -0.00652. The van der Waals surface area contributed by atoms with E-state index < -0.39 is 0 Å². The first-order valence-corrected chi connectivity index (χ1v) is 7.62. The lowest BCUT2D eigenvalue weighted by molar-refractivity contribution is 0.103. The number of nitrogens with zero attached hydrogens (tertiary/aromatic N) is 1. The quantitative estimate of drug-likeness (QED) is 0.739. The molecule has 2 heterocycles. The van der Waals surface area contributed by atoms with E-state index in [-0.39, 0.29) is 5.78 Å². The Kier molecular flexibility index (Phi) is 3.32. The van der Waals surface area contributed by atoms with Crippen molar-refractivity contribution < 1.29 is 9.53 Å². The Morgan fingerprint density at radius 1 is 1.09 bits per heavy atom. The molecule has 4 rings (SSSR count). The molecule has 0 fully saturated rings. The summed E-state index contributed by atoms with van der Waals surface area (Å²) in [5, 5.41) is 0.840. The maximum absolute atomic E-state index is 12.6. The number of aromatic nitrogens is 1. The van der Waals surface area contributed by atoms with Gasteiger partial charge in [0.25, 0.3) is 0 Å². The number of benzene rings is 2. The van der Waals surface area contributed by atoms with Crippen molar-refractivity contribution in [2.75, 3.05) is 12.3 Å². The van der Waals surface area contributed by atoms with Crippen LogP contribution in [0.2, 0.25) is 0 Å². The molecule has 0 bridgehead atoms. The summed E-state index contributed by atoms with van der Waals surface area (Å²) in [6.07, 6.45) is 0.765. The van der Waals surface area contributed by atoms with Gasteiger partial charge in [-0.1, -0.05) is 30.3 Å². The highest BCUT2D eigenvalue weighted by Crippen LogP contribution is 2.30. The SMILES string of the molecule is Nc1c2c(nc3ccc(C(=O)c4ccccc4)cc13)COCC2. The molecule has 0 aliphatic carbocycles. The van der Waals surface area contributed by atoms with E-state index in [4.69, 9.17) is 10.5 Å². The van der Waals surface area contributed by atoms with Crippen molar-refractivity contribution in [1.82, 2.24) is 4.98 Å². The maximum Gasteiger partial charge on any atom is 0.193 e. The Morgan fingerprint density at radius 3 is 2.74 bits per heavy atom. The molecule has 23 heavy (non-hydrogen) atoms. The molecule has 114 valence electrons. The summed E-state index contributed by atoms with van der Waals surface area (Å²) in [5.41, 5.74) is 11.1. The van der Waals surface area contributed by atoms with E-state index in [0.29, 0.717) is 24.3 Å². The Balaban J connectivity index is 1.85. The van der Waals surface area contributed by atoms with Crippen LogP contribution in [-0.4, -0.2) is 17.4 Å². The maximum atomic E-state index is 12.6. The largest absolute Gasteiger partial charge is 0.398 e. The summed E-state index contributed by atoms with van der Waals surface area (Å²) in [6, 6.07) is 14.8. The number of carbonyl (C=O) groups excluding carboxylic acids is 1. The van der Waals surface area contributed by atoms with Gasteiger partial charge in [0, 0.05) is 27.8 Å². The fourth-order valence-electron chi connectivity index (χ4n) is 3.02. The van der Waals surface area contributed by atoms with Gasteiger partial charge in [-0.25, -0.2) is 4.98 Å². The van der Waals surface area contributed by atoms with Crippen LogP contribution in [0.5, 0.6) is 0 Å². The molecule has 0 saturated heterocycles. The predicted octanol–water partition coefficient (Wildman–Crippen LogP) is 3.12. The monoisotopic (exact) mass is 304 g/mol. The fourth-order valence-corrected chi connectivity index (χ4v) is 3.02. The number of hydrogen-bond acceptors (Lipinski definition) is 4. The Labute approximate surface area is 133 Å². The number of nitrogen functional groups attached to an aromatic ring is 1. The normalized spacial score (nSPS) is 13.7. The van der Waals surface area contributed by atoms with E-state index in [1.807, 2.05) is 42.5 Å². The zero-order chi connectivity index (χ0) is 15.8. The van der Waals surface area contributed by atoms with Crippen molar-refractivity contribution in [2.24, 2.45) is 0 Å². The van der Waals surface area contributed by atoms with Crippen LogP contribution in [0.25, 0.3) is 10.9 Å². The third-order valence-corrected chi connectivity index (χ3v) is 4.25. The molecular weight excluding hydrogens is 288 g/mol. The third-order valence-electron chi connectivity index (χ3n) is 4.25. The standard InChI is InChI=1S/C19H16N2O2/c20-18-14-8-9-23-11-17(14)21-16-7-6-13(10-15(16)18)19(22)12-4-2-1-3-5-12/h1-7,10H,8-9,11H2,(H2,20,21). The zero-order valence-electron chi connectivity index (χ0n) is 12.6. The molecule has 0 unspecified atom stereocenters. The summed E-state index contributed by atoms with van der Waals surface area (Å²) < 4.78 is 5.45. The number of fused-ring (bicyclic) bond motifs is 2. The number of ether oxygens (including phenoxy) is 1. The Bertz CT molecular complexity index is 904. The number of anilines is 1. The summed E-state index contributed by atoms with van der Waals surface area (Å²) in [6.45, 7) is 1.16. The van der Waals surface area contributed by atoms with Crippen molar-refractivity contribution in [3.8, 4) is 0 Å². The second-order valence-corrected chi connectivity index (χ2v) is 5.68. The van der Waals surface area contributed by atoms with E-state index in [9.17, 15) is 4.79 Å². The van der Waals surface area contributed by atoms with E-state index in [1.54, 1.807) is 6.07 Å². The van der Waals surface area contributed by atoms with Crippen LogP contribution in [0, 0.1) is 0 Å². The molecular formula is C19H16N2O2. The van der Waals surface area contributed by atoms with E-state index in [2.05, 4.69) is 4.98 Å². The summed E-state index contributed by atoms with van der Waals surface area (Å²) in [7, 11) is 0. The molecule has 2 N–H and O–H groups in total. The van der Waals surface area contributed by atoms with Crippen LogP contribution in [0.4, 0.5) is 5.69 Å². The number of nitrogens with two attached hydrogens (primary N) is 1. The fraction of sp³-hybridized carbons (Fsp3) is 0.158. The smallest absolute Gasteiger partial charge is 0.193 e. The molecule has 0 spiro atoms. The van der Waals surface area contributed by atoms with Gasteiger partial charge in [0.1, 0.15) is 0 Å². The van der Waals surface area contributed by atoms with Gasteiger partial charge in [-0.2, -0.15) is 0 Å². The van der Waals surface area contributed by atoms with E-state index in [0.717, 1.165) is 34.3 Å². The van der Waals surface area contributed by atoms with Gasteiger partial charge in [0.15, 0.2) is 5.78 Å². The van der Waals surface area contributed by atoms with Crippen molar-refractivity contribution in [3.63, 3.8) is 0 Å². The summed E-state index contributed by atoms with van der Waals surface area (Å²) >= 11 is 0. The molecule has 0 amide bonds. The zero-order valence-corrected chi connectivity index (χ0v) is 12.6. The van der Waals surface area contributed by atoms with Crippen LogP contribution in [-0.2, 0) is 17.8 Å². The molecule has 0 radical (unpaired) electrons. The van der Waals surface area contributed by atoms with Gasteiger partial charge >= 0.3 is 0 Å². The number of hydrogen-bond donors (Lipinski definition) is 1. The first-order valence-electron chi connectivity index (χ1n) is 7.62. The van der Waals surface area contributed by atoms with Crippen molar-refractivity contribution in [1.29, 1.82) is 0 Å². The molecule has 4 heteroatoms. The van der Waals surface area contributed by atoms with Gasteiger partial charge in [0.05, 0.1) is 24.4 Å². The third kappa shape index (κ3) is 2.37. The second kappa shape index (κ2) is 5.48. The average Bonchev–Trinajstić information content (AvgIpc) is 2.62. The first kappa shape index (κ1) is 13.9. The van der Waals surface area contributed by atoms with Gasteiger partial charge < -0.3 is 10.5 Å². The molecule has 1 aliphatic rings. The number of ketones is 1. The lowest BCUT2D eigenvalue weighted by Gasteiger charge is -2.19. The number of pyridine rings is 1. The molecule has 0 saturated carbocycles. The van der Waals surface area contributed by atoms with Crippen LogP contribution >= 0.6 is 0 Å². The van der Waals surface area contributed by atoms with Crippen LogP contribution < -0.4 is 5.73 Å². The van der Waals surface area contributed by atoms with Crippen molar-refractivity contribution in [3.05, 3.63) is 70.9 Å². The molecule has 0 atom stereocenters. The minimum Gasteiger partial charge on any atom is -0.398 e. The molecule has 4 nitrogen and oxygen atoms in total. The van der Waals surface area contributed by atoms with Crippen LogP contribution in [0.3, 0.4) is 0 Å². The van der Waals surface area contributed by atoms with E-state index >= 15 is 0 Å². The average molecular weight is 304 g/mol. The summed E-state index contributed by atoms with van der Waals surface area (Å²) in [4.78, 5) is 17.2. The highest BCUT2D eigenvalue weighted by Gasteiger charge is 2.18. The lowest BCUT2D eigenvalue weighted by Crippen LogP contribution is -2.14.